The first-order valence-electron chi connectivity index (χ1n) is 6.79. The van der Waals surface area contributed by atoms with Crippen LogP contribution in [0.25, 0.3) is 11.0 Å². The number of hydrogen-bond acceptors (Lipinski definition) is 2. The topological polar surface area (TPSA) is 41.6 Å². The Labute approximate surface area is 122 Å². The van der Waals surface area contributed by atoms with Gasteiger partial charge in [-0.3, -0.25) is 5.10 Å². The molecule has 0 spiro atoms. The highest BCUT2D eigenvalue weighted by molar-refractivity contribution is 5.80. The Kier molecular flexibility index (Phi) is 3.35. The van der Waals surface area contributed by atoms with Crippen molar-refractivity contribution in [3.8, 4) is 0 Å². The van der Waals surface area contributed by atoms with Crippen LogP contribution in [0.1, 0.15) is 58.5 Å². The van der Waals surface area contributed by atoms with E-state index in [-0.39, 0.29) is 11.1 Å². The second-order valence-electron chi connectivity index (χ2n) is 7.35. The fourth-order valence-electron chi connectivity index (χ4n) is 2.30. The molecule has 2 aromatic heterocycles. The predicted molar refractivity (Wildman–Crippen MR) is 76.3 cm³/mol. The molecular weight excluding hydrogens is 279 g/mol. The summed E-state index contributed by atoms with van der Waals surface area (Å²) in [5.41, 5.74) is -0.708. The monoisotopic (exact) mass is 299 g/mol. The van der Waals surface area contributed by atoms with Crippen molar-refractivity contribution in [2.45, 2.75) is 58.5 Å². The van der Waals surface area contributed by atoms with Crippen LogP contribution in [0.3, 0.4) is 0 Å². The summed E-state index contributed by atoms with van der Waals surface area (Å²) in [6.45, 7) is 10.9. The van der Waals surface area contributed by atoms with Crippen LogP contribution in [0, 0.1) is 0 Å². The molecule has 0 radical (unpaired) electrons. The minimum atomic E-state index is -4.43. The van der Waals surface area contributed by atoms with Crippen molar-refractivity contribution in [1.29, 1.82) is 0 Å². The number of aromatic amines is 1. The average Bonchev–Trinajstić information content (AvgIpc) is 2.66. The zero-order chi connectivity index (χ0) is 16.2. The Morgan fingerprint density at radius 3 is 1.95 bits per heavy atom. The molecule has 0 aliphatic heterocycles. The van der Waals surface area contributed by atoms with E-state index in [2.05, 4.69) is 15.2 Å². The van der Waals surface area contributed by atoms with Gasteiger partial charge in [0.25, 0.3) is 0 Å². The normalized spacial score (nSPS) is 14.0. The second-order valence-corrected chi connectivity index (χ2v) is 7.35. The maximum absolute atomic E-state index is 13.4. The molecule has 0 atom stereocenters. The lowest BCUT2D eigenvalue weighted by atomic mass is 9.86. The van der Waals surface area contributed by atoms with Crippen LogP contribution < -0.4 is 0 Å². The third kappa shape index (κ3) is 2.89. The van der Waals surface area contributed by atoms with Gasteiger partial charge in [0.15, 0.2) is 5.65 Å². The van der Waals surface area contributed by atoms with Gasteiger partial charge in [-0.2, -0.15) is 18.3 Å². The minimum absolute atomic E-state index is 0.0226. The van der Waals surface area contributed by atoms with E-state index in [1.54, 1.807) is 20.8 Å². The zero-order valence-electron chi connectivity index (χ0n) is 13.1. The summed E-state index contributed by atoms with van der Waals surface area (Å²) in [4.78, 5) is 4.18. The first-order chi connectivity index (χ1) is 9.32. The first kappa shape index (κ1) is 15.8. The molecule has 0 amide bonds. The van der Waals surface area contributed by atoms with Gasteiger partial charge >= 0.3 is 6.18 Å². The number of fused-ring (bicyclic) bond motifs is 1. The van der Waals surface area contributed by atoms with Crippen molar-refractivity contribution in [3.05, 3.63) is 23.0 Å². The molecule has 2 heterocycles. The Balaban J connectivity index is 2.84. The van der Waals surface area contributed by atoms with Crippen LogP contribution in [-0.2, 0) is 17.0 Å². The SMILES string of the molecule is CC(C)(C)c1nc2n[nH]c(C(C)(C)C)c2cc1C(F)(F)F. The van der Waals surface area contributed by atoms with Crippen molar-refractivity contribution < 1.29 is 13.2 Å². The molecule has 0 saturated heterocycles. The molecule has 116 valence electrons. The summed E-state index contributed by atoms with van der Waals surface area (Å²) in [7, 11) is 0. The maximum atomic E-state index is 13.4. The third-order valence-electron chi connectivity index (χ3n) is 3.31. The summed E-state index contributed by atoms with van der Waals surface area (Å²) >= 11 is 0. The van der Waals surface area contributed by atoms with Gasteiger partial charge in [0.05, 0.1) is 17.0 Å². The van der Waals surface area contributed by atoms with Crippen LogP contribution in [0.2, 0.25) is 0 Å². The lowest BCUT2D eigenvalue weighted by molar-refractivity contribution is -0.138. The van der Waals surface area contributed by atoms with E-state index >= 15 is 0 Å². The van der Waals surface area contributed by atoms with Crippen LogP contribution in [0.5, 0.6) is 0 Å². The number of alkyl halides is 3. The number of nitrogens with one attached hydrogen (secondary N) is 1. The van der Waals surface area contributed by atoms with Gasteiger partial charge in [0.2, 0.25) is 0 Å². The molecule has 6 heteroatoms. The van der Waals surface area contributed by atoms with Gasteiger partial charge in [-0.05, 0) is 6.07 Å². The third-order valence-corrected chi connectivity index (χ3v) is 3.31. The Bertz CT molecular complexity index is 670. The largest absolute Gasteiger partial charge is 0.418 e. The Morgan fingerprint density at radius 2 is 1.52 bits per heavy atom. The molecular formula is C15H20F3N3. The van der Waals surface area contributed by atoms with Gasteiger partial charge in [0.1, 0.15) is 0 Å². The number of nitrogens with zero attached hydrogens (tertiary/aromatic N) is 2. The van der Waals surface area contributed by atoms with Gasteiger partial charge < -0.3 is 0 Å². The van der Waals surface area contributed by atoms with Crippen LogP contribution >= 0.6 is 0 Å². The molecule has 0 unspecified atom stereocenters. The maximum Gasteiger partial charge on any atom is 0.418 e. The summed E-state index contributed by atoms with van der Waals surface area (Å²) in [5.74, 6) is 0. The molecule has 0 fully saturated rings. The van der Waals surface area contributed by atoms with Crippen LogP contribution in [0.15, 0.2) is 6.07 Å². The molecule has 0 saturated carbocycles. The van der Waals surface area contributed by atoms with E-state index in [1.165, 1.54) is 6.07 Å². The molecule has 0 aliphatic rings. The predicted octanol–water partition coefficient (Wildman–Crippen LogP) is 4.57. The minimum Gasteiger partial charge on any atom is -0.279 e. The number of halogens is 3. The number of aromatic nitrogens is 3. The van der Waals surface area contributed by atoms with E-state index in [0.29, 0.717) is 16.7 Å². The van der Waals surface area contributed by atoms with Crippen molar-refractivity contribution >= 4 is 11.0 Å². The lowest BCUT2D eigenvalue weighted by Crippen LogP contribution is -2.22. The molecule has 1 N–H and O–H groups in total. The quantitative estimate of drug-likeness (QED) is 0.774. The molecule has 21 heavy (non-hydrogen) atoms. The summed E-state index contributed by atoms with van der Waals surface area (Å²) in [6.07, 6.45) is -4.43. The summed E-state index contributed by atoms with van der Waals surface area (Å²) < 4.78 is 40.1. The number of pyridine rings is 1. The van der Waals surface area contributed by atoms with E-state index < -0.39 is 17.2 Å². The first-order valence-corrected chi connectivity index (χ1v) is 6.79. The standard InChI is InChI=1S/C15H20F3N3/c1-13(2,3)10-8-7-9(15(16,17)18)11(14(4,5)6)19-12(8)21-20-10/h7H,1-6H3,(H,19,20,21). The van der Waals surface area contributed by atoms with Crippen LogP contribution in [-0.4, -0.2) is 15.2 Å². The number of H-pyrrole nitrogens is 1. The van der Waals surface area contributed by atoms with Gasteiger partial charge in [-0.1, -0.05) is 41.5 Å². The fraction of sp³-hybridized carbons (Fsp3) is 0.600. The van der Waals surface area contributed by atoms with Crippen molar-refractivity contribution in [3.63, 3.8) is 0 Å². The Hall–Kier alpha value is -1.59. The van der Waals surface area contributed by atoms with E-state index in [1.807, 2.05) is 20.8 Å². The Morgan fingerprint density at radius 1 is 0.952 bits per heavy atom. The highest BCUT2D eigenvalue weighted by atomic mass is 19.4. The highest BCUT2D eigenvalue weighted by Crippen LogP contribution is 2.39. The lowest BCUT2D eigenvalue weighted by Gasteiger charge is -2.23. The van der Waals surface area contributed by atoms with Gasteiger partial charge in [0, 0.05) is 16.2 Å². The van der Waals surface area contributed by atoms with Crippen LogP contribution in [0.4, 0.5) is 13.2 Å². The van der Waals surface area contributed by atoms with Crippen molar-refractivity contribution in [1.82, 2.24) is 15.2 Å². The smallest absolute Gasteiger partial charge is 0.279 e. The molecule has 0 bridgehead atoms. The molecule has 0 aliphatic carbocycles. The summed E-state index contributed by atoms with van der Waals surface area (Å²) in [5, 5.41) is 7.34. The molecule has 2 aromatic rings. The fourth-order valence-corrected chi connectivity index (χ4v) is 2.30. The highest BCUT2D eigenvalue weighted by Gasteiger charge is 2.38. The second kappa shape index (κ2) is 4.45. The van der Waals surface area contributed by atoms with E-state index in [4.69, 9.17) is 0 Å². The van der Waals surface area contributed by atoms with Gasteiger partial charge in [-0.15, -0.1) is 0 Å². The van der Waals surface area contributed by atoms with Crippen molar-refractivity contribution in [2.75, 3.05) is 0 Å². The molecule has 2 rings (SSSR count). The summed E-state index contributed by atoms with van der Waals surface area (Å²) in [6, 6.07) is 1.17. The van der Waals surface area contributed by atoms with Gasteiger partial charge in [-0.25, -0.2) is 4.98 Å². The van der Waals surface area contributed by atoms with E-state index in [0.717, 1.165) is 0 Å². The van der Waals surface area contributed by atoms with E-state index in [9.17, 15) is 13.2 Å². The number of hydrogen-bond donors (Lipinski definition) is 1. The number of rotatable bonds is 0. The zero-order valence-corrected chi connectivity index (χ0v) is 13.1. The molecule has 3 nitrogen and oxygen atoms in total. The van der Waals surface area contributed by atoms with Crippen molar-refractivity contribution in [2.24, 2.45) is 0 Å². The molecule has 0 aromatic carbocycles. The average molecular weight is 299 g/mol.